The van der Waals surface area contributed by atoms with Crippen molar-refractivity contribution in [2.45, 2.75) is 0 Å². The number of nitrogens with two attached hydrogens (primary N) is 1. The number of para-hydroxylation sites is 1. The van der Waals surface area contributed by atoms with Crippen molar-refractivity contribution >= 4 is 40.4 Å². The molecule has 2 rings (SSSR count). The minimum atomic E-state index is -0.254. The molecule has 0 fully saturated rings. The van der Waals surface area contributed by atoms with Crippen molar-refractivity contribution in [1.29, 1.82) is 0 Å². The molecule has 2 aromatic carbocycles. The lowest BCUT2D eigenvalue weighted by atomic mass is 10.2. The van der Waals surface area contributed by atoms with Crippen LogP contribution in [-0.2, 0) is 4.79 Å². The van der Waals surface area contributed by atoms with Crippen LogP contribution in [-0.4, -0.2) is 17.5 Å². The summed E-state index contributed by atoms with van der Waals surface area (Å²) in [5.74, 6) is 0.221. The summed E-state index contributed by atoms with van der Waals surface area (Å²) in [4.78, 5) is 12.0. The van der Waals surface area contributed by atoms with E-state index in [0.717, 1.165) is 0 Å². The molecule has 0 spiro atoms. The van der Waals surface area contributed by atoms with Crippen LogP contribution in [0.4, 0.5) is 5.69 Å². The van der Waals surface area contributed by atoms with Crippen LogP contribution in [0.25, 0.3) is 0 Å². The highest BCUT2D eigenvalue weighted by Gasteiger charge is 2.07. The highest BCUT2D eigenvalue weighted by molar-refractivity contribution is 7.80. The molecule has 0 bridgehead atoms. The maximum Gasteiger partial charge on any atom is 0.262 e. The molecule has 0 unspecified atom stereocenters. The summed E-state index contributed by atoms with van der Waals surface area (Å²) in [5.41, 5.74) is 6.81. The molecule has 0 aliphatic rings. The molecular formula is C15H13ClN2O2S. The lowest BCUT2D eigenvalue weighted by Gasteiger charge is -2.09. The van der Waals surface area contributed by atoms with Crippen molar-refractivity contribution in [3.05, 3.63) is 59.1 Å². The van der Waals surface area contributed by atoms with Gasteiger partial charge in [-0.3, -0.25) is 4.79 Å². The van der Waals surface area contributed by atoms with Gasteiger partial charge in [-0.2, -0.15) is 0 Å². The number of hydrogen-bond donors (Lipinski definition) is 2. The summed E-state index contributed by atoms with van der Waals surface area (Å²) in [5, 5.41) is 3.11. The molecule has 0 aliphatic heterocycles. The Labute approximate surface area is 132 Å². The van der Waals surface area contributed by atoms with Crippen molar-refractivity contribution < 1.29 is 9.53 Å². The topological polar surface area (TPSA) is 64.3 Å². The predicted molar refractivity (Wildman–Crippen MR) is 87.9 cm³/mol. The van der Waals surface area contributed by atoms with Gasteiger partial charge in [-0.1, -0.05) is 42.0 Å². The fourth-order valence-electron chi connectivity index (χ4n) is 1.65. The van der Waals surface area contributed by atoms with Crippen LogP contribution in [0.5, 0.6) is 5.75 Å². The van der Waals surface area contributed by atoms with Crippen LogP contribution in [0, 0.1) is 0 Å². The van der Waals surface area contributed by atoms with E-state index in [2.05, 4.69) is 5.32 Å². The number of ether oxygens (including phenoxy) is 1. The van der Waals surface area contributed by atoms with E-state index in [0.29, 0.717) is 22.0 Å². The number of benzene rings is 2. The third kappa shape index (κ3) is 4.44. The van der Waals surface area contributed by atoms with E-state index in [1.165, 1.54) is 0 Å². The molecule has 0 atom stereocenters. The fraction of sp³-hybridized carbons (Fsp3) is 0.0667. The van der Waals surface area contributed by atoms with E-state index in [-0.39, 0.29) is 17.5 Å². The second kappa shape index (κ2) is 7.06. The van der Waals surface area contributed by atoms with Crippen molar-refractivity contribution in [1.82, 2.24) is 0 Å². The van der Waals surface area contributed by atoms with Crippen molar-refractivity contribution in [3.8, 4) is 5.75 Å². The zero-order chi connectivity index (χ0) is 15.2. The van der Waals surface area contributed by atoms with Crippen LogP contribution >= 0.6 is 23.8 Å². The van der Waals surface area contributed by atoms with Gasteiger partial charge in [-0.15, -0.1) is 0 Å². The Kier molecular flexibility index (Phi) is 5.14. The van der Waals surface area contributed by atoms with Gasteiger partial charge in [0.25, 0.3) is 5.91 Å². The number of carbonyl (C=O) groups excluding carboxylic acids is 1. The number of nitrogens with one attached hydrogen (secondary N) is 1. The van der Waals surface area contributed by atoms with Crippen molar-refractivity contribution in [3.63, 3.8) is 0 Å². The highest BCUT2D eigenvalue weighted by Crippen LogP contribution is 2.22. The molecule has 0 saturated carbocycles. The number of carbonyl (C=O) groups is 1. The number of amides is 1. The standard InChI is InChI=1S/C15H13ClN2O2S/c16-13-8-11(6-7-12(13)15(17)21)20-9-14(19)18-10-4-2-1-3-5-10/h1-8H,9H2,(H2,17,21)(H,18,19). The summed E-state index contributed by atoms with van der Waals surface area (Å²) in [6, 6.07) is 14.0. The van der Waals surface area contributed by atoms with Crippen molar-refractivity contribution in [2.75, 3.05) is 11.9 Å². The Morgan fingerprint density at radius 2 is 1.95 bits per heavy atom. The SMILES string of the molecule is NC(=S)c1ccc(OCC(=O)Nc2ccccc2)cc1Cl. The van der Waals surface area contributed by atoms with Crippen LogP contribution < -0.4 is 15.8 Å². The minimum absolute atomic E-state index is 0.113. The molecule has 21 heavy (non-hydrogen) atoms. The van der Waals surface area contributed by atoms with Crippen LogP contribution in [0.3, 0.4) is 0 Å². The molecule has 6 heteroatoms. The van der Waals surface area contributed by atoms with E-state index >= 15 is 0 Å². The monoisotopic (exact) mass is 320 g/mol. The Morgan fingerprint density at radius 1 is 1.24 bits per heavy atom. The molecule has 2 aromatic rings. The average molecular weight is 321 g/mol. The van der Waals surface area contributed by atoms with Gasteiger partial charge in [0, 0.05) is 11.3 Å². The Morgan fingerprint density at radius 3 is 2.57 bits per heavy atom. The maximum absolute atomic E-state index is 11.7. The van der Waals surface area contributed by atoms with Gasteiger partial charge >= 0.3 is 0 Å². The molecule has 108 valence electrons. The van der Waals surface area contributed by atoms with E-state index in [4.69, 9.17) is 34.3 Å². The smallest absolute Gasteiger partial charge is 0.262 e. The number of anilines is 1. The second-order valence-corrected chi connectivity index (χ2v) is 5.06. The second-order valence-electron chi connectivity index (χ2n) is 4.21. The molecule has 0 radical (unpaired) electrons. The van der Waals surface area contributed by atoms with Gasteiger partial charge in [0.05, 0.1) is 5.02 Å². The molecule has 0 heterocycles. The summed E-state index contributed by atoms with van der Waals surface area (Å²) >= 11 is 10.9. The van der Waals surface area contributed by atoms with Crippen LogP contribution in [0.15, 0.2) is 48.5 Å². The first kappa shape index (κ1) is 15.3. The van der Waals surface area contributed by atoms with Crippen molar-refractivity contribution in [2.24, 2.45) is 5.73 Å². The first-order valence-electron chi connectivity index (χ1n) is 6.13. The molecule has 0 saturated heterocycles. The lowest BCUT2D eigenvalue weighted by Crippen LogP contribution is -2.20. The van der Waals surface area contributed by atoms with Gasteiger partial charge in [0.15, 0.2) is 6.61 Å². The normalized spacial score (nSPS) is 9.95. The number of halogens is 1. The van der Waals surface area contributed by atoms with Gasteiger partial charge in [0.1, 0.15) is 10.7 Å². The third-order valence-electron chi connectivity index (χ3n) is 2.63. The third-order valence-corrected chi connectivity index (χ3v) is 3.17. The van der Waals surface area contributed by atoms with Gasteiger partial charge in [-0.05, 0) is 30.3 Å². The van der Waals surface area contributed by atoms with E-state index in [9.17, 15) is 4.79 Å². The highest BCUT2D eigenvalue weighted by atomic mass is 35.5. The zero-order valence-electron chi connectivity index (χ0n) is 11.0. The molecule has 0 aliphatic carbocycles. The quantitative estimate of drug-likeness (QED) is 0.831. The fourth-order valence-corrected chi connectivity index (χ4v) is 2.16. The lowest BCUT2D eigenvalue weighted by molar-refractivity contribution is -0.118. The summed E-state index contributed by atoms with van der Waals surface area (Å²) in [6.45, 7) is -0.113. The largest absolute Gasteiger partial charge is 0.484 e. The Hall–Kier alpha value is -2.11. The van der Waals surface area contributed by atoms with Gasteiger partial charge in [0.2, 0.25) is 0 Å². The summed E-state index contributed by atoms with van der Waals surface area (Å²) in [6.07, 6.45) is 0. The summed E-state index contributed by atoms with van der Waals surface area (Å²) < 4.78 is 5.37. The Balaban J connectivity index is 1.92. The molecule has 3 N–H and O–H groups in total. The Bertz CT molecular complexity index is 662. The summed E-state index contributed by atoms with van der Waals surface area (Å²) in [7, 11) is 0. The van der Waals surface area contributed by atoms with Gasteiger partial charge in [-0.25, -0.2) is 0 Å². The minimum Gasteiger partial charge on any atom is -0.484 e. The number of rotatable bonds is 5. The predicted octanol–water partition coefficient (Wildman–Crippen LogP) is 2.99. The van der Waals surface area contributed by atoms with E-state index in [1.54, 1.807) is 30.3 Å². The first-order valence-corrected chi connectivity index (χ1v) is 6.92. The van der Waals surface area contributed by atoms with E-state index in [1.807, 2.05) is 18.2 Å². The number of thiocarbonyl (C=S) groups is 1. The van der Waals surface area contributed by atoms with E-state index < -0.39 is 0 Å². The van der Waals surface area contributed by atoms with Crippen LogP contribution in [0.2, 0.25) is 5.02 Å². The maximum atomic E-state index is 11.7. The zero-order valence-corrected chi connectivity index (χ0v) is 12.6. The molecule has 4 nitrogen and oxygen atoms in total. The molecule has 0 aromatic heterocycles. The molecular weight excluding hydrogens is 308 g/mol. The van der Waals surface area contributed by atoms with Gasteiger partial charge < -0.3 is 15.8 Å². The molecule has 1 amide bonds. The average Bonchev–Trinajstić information content (AvgIpc) is 2.46. The number of hydrogen-bond acceptors (Lipinski definition) is 3. The van der Waals surface area contributed by atoms with Crippen LogP contribution in [0.1, 0.15) is 5.56 Å². The first-order chi connectivity index (χ1) is 10.1.